The number of fused-ring (bicyclic) bond motifs is 1. The Morgan fingerprint density at radius 1 is 0.914 bits per heavy atom. The highest BCUT2D eigenvalue weighted by molar-refractivity contribution is 5.95. The van der Waals surface area contributed by atoms with Gasteiger partial charge in [0.25, 0.3) is 0 Å². The molecule has 0 spiro atoms. The molecule has 1 aliphatic heterocycles. The van der Waals surface area contributed by atoms with Gasteiger partial charge in [-0.15, -0.1) is 0 Å². The minimum Gasteiger partial charge on any atom is -0.369 e. The Hall–Kier alpha value is -3.15. The summed E-state index contributed by atoms with van der Waals surface area (Å²) in [5.41, 5.74) is 6.14. The highest BCUT2D eigenvalue weighted by atomic mass is 16.5. The summed E-state index contributed by atoms with van der Waals surface area (Å²) in [5.74, 6) is 0.925. The van der Waals surface area contributed by atoms with Crippen molar-refractivity contribution in [2.45, 2.75) is 27.3 Å². The van der Waals surface area contributed by atoms with Crippen LogP contribution in [0.2, 0.25) is 0 Å². The molecule has 1 aromatic heterocycles. The van der Waals surface area contributed by atoms with E-state index in [-0.39, 0.29) is 0 Å². The molecule has 5 heteroatoms. The lowest BCUT2D eigenvalue weighted by Crippen LogP contribution is -2.48. The van der Waals surface area contributed by atoms with E-state index in [0.717, 1.165) is 69.4 Å². The molecule has 0 unspecified atom stereocenters. The third kappa shape index (κ3) is 5.42. The fourth-order valence-corrected chi connectivity index (χ4v) is 5.19. The topological polar surface area (TPSA) is 35.8 Å². The van der Waals surface area contributed by atoms with Crippen LogP contribution in [0.5, 0.6) is 0 Å². The third-order valence-electron chi connectivity index (χ3n) is 7.25. The number of rotatable bonds is 8. The largest absolute Gasteiger partial charge is 0.369 e. The lowest BCUT2D eigenvalue weighted by molar-refractivity contribution is 0.185. The normalized spacial score (nSPS) is 14.8. The molecule has 1 saturated heterocycles. The number of nitrogens with zero attached hydrogens (tertiary/aromatic N) is 4. The van der Waals surface area contributed by atoms with Gasteiger partial charge in [0.15, 0.2) is 5.76 Å². The third-order valence-corrected chi connectivity index (χ3v) is 7.25. The van der Waals surface area contributed by atoms with Crippen molar-refractivity contribution in [3.63, 3.8) is 0 Å². The maximum Gasteiger partial charge on any atom is 0.151 e. The first kappa shape index (κ1) is 23.6. The van der Waals surface area contributed by atoms with Gasteiger partial charge in [-0.25, -0.2) is 0 Å². The van der Waals surface area contributed by atoms with E-state index in [2.05, 4.69) is 107 Å². The van der Waals surface area contributed by atoms with Crippen LogP contribution >= 0.6 is 0 Å². The van der Waals surface area contributed by atoms with E-state index in [1.807, 2.05) is 0 Å². The molecule has 5 nitrogen and oxygen atoms in total. The van der Waals surface area contributed by atoms with E-state index in [4.69, 9.17) is 4.52 Å². The fraction of sp³-hybridized carbons (Fsp3) is 0.367. The second-order valence-electron chi connectivity index (χ2n) is 9.69. The van der Waals surface area contributed by atoms with Gasteiger partial charge in [0, 0.05) is 56.6 Å². The summed E-state index contributed by atoms with van der Waals surface area (Å²) >= 11 is 0. The van der Waals surface area contributed by atoms with Crippen LogP contribution in [0.15, 0.2) is 71.3 Å². The first-order valence-electron chi connectivity index (χ1n) is 12.8. The second kappa shape index (κ2) is 10.6. The Labute approximate surface area is 208 Å². The number of piperazine rings is 1. The minimum absolute atomic E-state index is 0.788. The van der Waals surface area contributed by atoms with Crippen molar-refractivity contribution in [1.29, 1.82) is 0 Å². The molecule has 5 rings (SSSR count). The number of likely N-dealkylation sites (N-methyl/N-ethyl adjacent to an activating group) is 1. The number of hydrogen-bond acceptors (Lipinski definition) is 5. The van der Waals surface area contributed by atoms with Gasteiger partial charge in [0.1, 0.15) is 5.69 Å². The van der Waals surface area contributed by atoms with Crippen molar-refractivity contribution >= 4 is 16.5 Å². The molecular weight excluding hydrogens is 432 g/mol. The van der Waals surface area contributed by atoms with Crippen molar-refractivity contribution in [2.75, 3.05) is 50.7 Å². The molecule has 0 bridgehead atoms. The first-order valence-corrected chi connectivity index (χ1v) is 12.8. The van der Waals surface area contributed by atoms with Crippen LogP contribution in [0.4, 0.5) is 5.69 Å². The van der Waals surface area contributed by atoms with Gasteiger partial charge in [0.2, 0.25) is 0 Å². The van der Waals surface area contributed by atoms with Gasteiger partial charge in [-0.05, 0) is 42.8 Å². The Morgan fingerprint density at radius 3 is 2.51 bits per heavy atom. The molecule has 0 radical (unpaired) electrons. The van der Waals surface area contributed by atoms with E-state index in [9.17, 15) is 0 Å². The van der Waals surface area contributed by atoms with E-state index in [0.29, 0.717) is 0 Å². The Kier molecular flexibility index (Phi) is 7.16. The van der Waals surface area contributed by atoms with Gasteiger partial charge in [0.05, 0.1) is 6.54 Å². The second-order valence-corrected chi connectivity index (χ2v) is 9.69. The number of aromatic nitrogens is 1. The van der Waals surface area contributed by atoms with E-state index < -0.39 is 0 Å². The smallest absolute Gasteiger partial charge is 0.151 e. The number of hydrogen-bond donors (Lipinski definition) is 0. The Bertz CT molecular complexity index is 1270. The Morgan fingerprint density at radius 2 is 1.71 bits per heavy atom. The van der Waals surface area contributed by atoms with Crippen molar-refractivity contribution in [3.8, 4) is 11.3 Å². The molecule has 0 aliphatic carbocycles. The standard InChI is InChI=1S/C30H36N4O/c1-4-32(14-15-33-16-18-34(19-17-33)30-13-12-23(2)20-24(30)3)22-26-21-29(31-35-26)28-11-7-9-25-8-5-6-10-27(25)28/h5-13,20-21H,4,14-19,22H2,1-3H3. The van der Waals surface area contributed by atoms with E-state index in [1.165, 1.54) is 27.6 Å². The Balaban J connectivity index is 1.15. The van der Waals surface area contributed by atoms with Crippen molar-refractivity contribution in [1.82, 2.24) is 15.0 Å². The molecular formula is C30H36N4O. The highest BCUT2D eigenvalue weighted by Crippen LogP contribution is 2.28. The van der Waals surface area contributed by atoms with Crippen LogP contribution in [0, 0.1) is 13.8 Å². The van der Waals surface area contributed by atoms with Crippen LogP contribution in [0.25, 0.3) is 22.0 Å². The van der Waals surface area contributed by atoms with Crippen LogP contribution in [0.1, 0.15) is 23.8 Å². The van der Waals surface area contributed by atoms with Gasteiger partial charge in [-0.3, -0.25) is 9.80 Å². The van der Waals surface area contributed by atoms with Gasteiger partial charge in [-0.2, -0.15) is 0 Å². The highest BCUT2D eigenvalue weighted by Gasteiger charge is 2.19. The van der Waals surface area contributed by atoms with Crippen LogP contribution in [-0.4, -0.2) is 60.8 Å². The van der Waals surface area contributed by atoms with Gasteiger partial charge >= 0.3 is 0 Å². The average Bonchev–Trinajstić information content (AvgIpc) is 3.35. The zero-order valence-electron chi connectivity index (χ0n) is 21.2. The molecule has 182 valence electrons. The average molecular weight is 469 g/mol. The van der Waals surface area contributed by atoms with Crippen LogP contribution < -0.4 is 4.90 Å². The van der Waals surface area contributed by atoms with Gasteiger partial charge in [-0.1, -0.05) is 72.2 Å². The summed E-state index contributed by atoms with van der Waals surface area (Å²) in [6, 6.07) is 23.7. The predicted molar refractivity (Wildman–Crippen MR) is 145 cm³/mol. The molecule has 0 saturated carbocycles. The summed E-state index contributed by atoms with van der Waals surface area (Å²) in [6.45, 7) is 14.9. The number of anilines is 1. The molecule has 35 heavy (non-hydrogen) atoms. The molecule has 1 aliphatic rings. The summed E-state index contributed by atoms with van der Waals surface area (Å²) in [6.07, 6.45) is 0. The number of benzene rings is 3. The molecule has 0 N–H and O–H groups in total. The summed E-state index contributed by atoms with van der Waals surface area (Å²) in [7, 11) is 0. The molecule has 0 atom stereocenters. The molecule has 1 fully saturated rings. The summed E-state index contributed by atoms with van der Waals surface area (Å²) in [4.78, 5) is 7.57. The monoisotopic (exact) mass is 468 g/mol. The van der Waals surface area contributed by atoms with Gasteiger partial charge < -0.3 is 9.42 Å². The zero-order valence-corrected chi connectivity index (χ0v) is 21.2. The SMILES string of the molecule is CCN(CCN1CCN(c2ccc(C)cc2C)CC1)Cc1cc(-c2cccc3ccccc23)no1. The van der Waals surface area contributed by atoms with Crippen molar-refractivity contribution in [3.05, 3.63) is 83.6 Å². The minimum atomic E-state index is 0.788. The van der Waals surface area contributed by atoms with E-state index >= 15 is 0 Å². The fourth-order valence-electron chi connectivity index (χ4n) is 5.19. The number of aryl methyl sites for hydroxylation is 2. The lowest BCUT2D eigenvalue weighted by Gasteiger charge is -2.37. The molecule has 3 aromatic carbocycles. The zero-order chi connectivity index (χ0) is 24.2. The molecule has 2 heterocycles. The predicted octanol–water partition coefficient (Wildman–Crippen LogP) is 5.76. The summed E-state index contributed by atoms with van der Waals surface area (Å²) in [5, 5.41) is 6.84. The molecule has 0 amide bonds. The van der Waals surface area contributed by atoms with Crippen LogP contribution in [-0.2, 0) is 6.54 Å². The first-order chi connectivity index (χ1) is 17.1. The lowest BCUT2D eigenvalue weighted by atomic mass is 10.0. The van der Waals surface area contributed by atoms with Crippen molar-refractivity contribution in [2.24, 2.45) is 0 Å². The van der Waals surface area contributed by atoms with Crippen molar-refractivity contribution < 1.29 is 4.52 Å². The maximum absolute atomic E-state index is 5.76. The quantitative estimate of drug-likeness (QED) is 0.329. The maximum atomic E-state index is 5.76. The van der Waals surface area contributed by atoms with E-state index in [1.54, 1.807) is 0 Å². The summed E-state index contributed by atoms with van der Waals surface area (Å²) < 4.78 is 5.76. The van der Waals surface area contributed by atoms with Crippen LogP contribution in [0.3, 0.4) is 0 Å². The molecule has 4 aromatic rings.